The molecule has 1 aromatic carbocycles. The van der Waals surface area contributed by atoms with Gasteiger partial charge in [-0.2, -0.15) is 0 Å². The predicted octanol–water partition coefficient (Wildman–Crippen LogP) is 4.51. The SMILES string of the molecule is CC(C)Oc1cccc(C2(O)CCCCC2C(C)C)c1. The van der Waals surface area contributed by atoms with Crippen molar-refractivity contribution in [2.24, 2.45) is 11.8 Å². The smallest absolute Gasteiger partial charge is 0.120 e. The van der Waals surface area contributed by atoms with E-state index in [9.17, 15) is 5.11 Å². The van der Waals surface area contributed by atoms with E-state index in [2.05, 4.69) is 13.8 Å². The topological polar surface area (TPSA) is 29.5 Å². The van der Waals surface area contributed by atoms with Crippen LogP contribution < -0.4 is 4.74 Å². The van der Waals surface area contributed by atoms with Crippen LogP contribution in [0.1, 0.15) is 58.9 Å². The number of hydrogen-bond donors (Lipinski definition) is 1. The van der Waals surface area contributed by atoms with E-state index >= 15 is 0 Å². The molecule has 2 nitrogen and oxygen atoms in total. The summed E-state index contributed by atoms with van der Waals surface area (Å²) >= 11 is 0. The van der Waals surface area contributed by atoms with Crippen molar-refractivity contribution in [1.82, 2.24) is 0 Å². The molecule has 112 valence electrons. The predicted molar refractivity (Wildman–Crippen MR) is 82.9 cm³/mol. The summed E-state index contributed by atoms with van der Waals surface area (Å²) in [6.45, 7) is 8.49. The summed E-state index contributed by atoms with van der Waals surface area (Å²) in [5.74, 6) is 1.69. The molecule has 1 N–H and O–H groups in total. The van der Waals surface area contributed by atoms with Crippen LogP contribution in [0, 0.1) is 11.8 Å². The van der Waals surface area contributed by atoms with Crippen LogP contribution in [0.2, 0.25) is 0 Å². The van der Waals surface area contributed by atoms with E-state index in [1.807, 2.05) is 38.1 Å². The summed E-state index contributed by atoms with van der Waals surface area (Å²) in [4.78, 5) is 0. The first-order valence-electron chi connectivity index (χ1n) is 7.93. The van der Waals surface area contributed by atoms with Crippen molar-refractivity contribution in [3.05, 3.63) is 29.8 Å². The second kappa shape index (κ2) is 6.17. The van der Waals surface area contributed by atoms with Crippen LogP contribution in [0.3, 0.4) is 0 Å². The Morgan fingerprint density at radius 2 is 1.95 bits per heavy atom. The second-order valence-corrected chi connectivity index (χ2v) is 6.71. The Kier molecular flexibility index (Phi) is 4.74. The maximum Gasteiger partial charge on any atom is 0.120 e. The zero-order valence-electron chi connectivity index (χ0n) is 13.2. The monoisotopic (exact) mass is 276 g/mol. The van der Waals surface area contributed by atoms with E-state index in [4.69, 9.17) is 4.74 Å². The largest absolute Gasteiger partial charge is 0.491 e. The number of benzene rings is 1. The number of ether oxygens (including phenoxy) is 1. The zero-order chi connectivity index (χ0) is 14.8. The van der Waals surface area contributed by atoms with Crippen LogP contribution in [0.15, 0.2) is 24.3 Å². The number of aliphatic hydroxyl groups is 1. The van der Waals surface area contributed by atoms with Crippen molar-refractivity contribution in [2.75, 3.05) is 0 Å². The summed E-state index contributed by atoms with van der Waals surface area (Å²) in [5.41, 5.74) is 0.331. The Labute approximate surface area is 123 Å². The molecule has 0 bridgehead atoms. The van der Waals surface area contributed by atoms with Gasteiger partial charge in [0.1, 0.15) is 5.75 Å². The van der Waals surface area contributed by atoms with E-state index in [1.54, 1.807) is 0 Å². The lowest BCUT2D eigenvalue weighted by molar-refractivity contribution is -0.0723. The Bertz CT molecular complexity index is 439. The number of rotatable bonds is 4. The van der Waals surface area contributed by atoms with E-state index in [0.29, 0.717) is 11.8 Å². The van der Waals surface area contributed by atoms with Gasteiger partial charge in [0, 0.05) is 0 Å². The molecule has 0 saturated heterocycles. The first kappa shape index (κ1) is 15.4. The molecule has 0 amide bonds. The molecule has 0 aromatic heterocycles. The minimum Gasteiger partial charge on any atom is -0.491 e. The van der Waals surface area contributed by atoms with Crippen molar-refractivity contribution < 1.29 is 9.84 Å². The Balaban J connectivity index is 2.31. The normalized spacial score (nSPS) is 27.1. The van der Waals surface area contributed by atoms with Gasteiger partial charge in [-0.3, -0.25) is 0 Å². The molecule has 0 heterocycles. The van der Waals surface area contributed by atoms with Crippen LogP contribution in [-0.2, 0) is 5.60 Å². The highest BCUT2D eigenvalue weighted by molar-refractivity contribution is 5.33. The molecule has 20 heavy (non-hydrogen) atoms. The van der Waals surface area contributed by atoms with Gasteiger partial charge in [0.25, 0.3) is 0 Å². The second-order valence-electron chi connectivity index (χ2n) is 6.71. The first-order valence-corrected chi connectivity index (χ1v) is 7.93. The third-order valence-corrected chi connectivity index (χ3v) is 4.45. The van der Waals surface area contributed by atoms with Crippen molar-refractivity contribution in [3.63, 3.8) is 0 Å². The molecule has 0 spiro atoms. The maximum atomic E-state index is 11.3. The van der Waals surface area contributed by atoms with Crippen LogP contribution in [-0.4, -0.2) is 11.2 Å². The minimum absolute atomic E-state index is 0.159. The van der Waals surface area contributed by atoms with E-state index < -0.39 is 5.60 Å². The maximum absolute atomic E-state index is 11.3. The molecule has 1 aliphatic rings. The molecule has 0 aliphatic heterocycles. The molecular weight excluding hydrogens is 248 g/mol. The minimum atomic E-state index is -0.692. The van der Waals surface area contributed by atoms with Crippen molar-refractivity contribution >= 4 is 0 Å². The fourth-order valence-corrected chi connectivity index (χ4v) is 3.54. The molecule has 2 heteroatoms. The Morgan fingerprint density at radius 3 is 2.60 bits per heavy atom. The van der Waals surface area contributed by atoms with Crippen LogP contribution in [0.25, 0.3) is 0 Å². The summed E-state index contributed by atoms with van der Waals surface area (Å²) in [5, 5.41) is 11.3. The molecule has 2 rings (SSSR count). The molecule has 1 aliphatic carbocycles. The van der Waals surface area contributed by atoms with Crippen LogP contribution in [0.5, 0.6) is 5.75 Å². The van der Waals surface area contributed by atoms with Gasteiger partial charge in [0.05, 0.1) is 11.7 Å². The summed E-state index contributed by atoms with van der Waals surface area (Å²) in [7, 11) is 0. The van der Waals surface area contributed by atoms with Crippen molar-refractivity contribution in [3.8, 4) is 5.75 Å². The van der Waals surface area contributed by atoms with Crippen molar-refractivity contribution in [2.45, 2.75) is 65.1 Å². The highest BCUT2D eigenvalue weighted by Gasteiger charge is 2.41. The quantitative estimate of drug-likeness (QED) is 0.877. The van der Waals surface area contributed by atoms with E-state index in [1.165, 1.54) is 6.42 Å². The van der Waals surface area contributed by atoms with Gasteiger partial charge < -0.3 is 9.84 Å². The van der Waals surface area contributed by atoms with E-state index in [0.717, 1.165) is 30.6 Å². The zero-order valence-corrected chi connectivity index (χ0v) is 13.2. The van der Waals surface area contributed by atoms with Crippen molar-refractivity contribution in [1.29, 1.82) is 0 Å². The fraction of sp³-hybridized carbons (Fsp3) is 0.667. The van der Waals surface area contributed by atoms with Gasteiger partial charge in [0.2, 0.25) is 0 Å². The summed E-state index contributed by atoms with van der Waals surface area (Å²) < 4.78 is 5.78. The van der Waals surface area contributed by atoms with Crippen LogP contribution in [0.4, 0.5) is 0 Å². The third-order valence-electron chi connectivity index (χ3n) is 4.45. The first-order chi connectivity index (χ1) is 9.43. The average molecular weight is 276 g/mol. The van der Waals surface area contributed by atoms with Gasteiger partial charge in [-0.15, -0.1) is 0 Å². The van der Waals surface area contributed by atoms with Gasteiger partial charge >= 0.3 is 0 Å². The molecule has 1 aromatic rings. The van der Waals surface area contributed by atoms with Gasteiger partial charge in [0.15, 0.2) is 0 Å². The lowest BCUT2D eigenvalue weighted by Gasteiger charge is -2.43. The van der Waals surface area contributed by atoms with Gasteiger partial charge in [-0.05, 0) is 56.2 Å². The summed E-state index contributed by atoms with van der Waals surface area (Å²) in [6, 6.07) is 8.05. The highest BCUT2D eigenvalue weighted by atomic mass is 16.5. The standard InChI is InChI=1S/C18H28O2/c1-13(2)17-10-5-6-11-18(17,19)15-8-7-9-16(12-15)20-14(3)4/h7-9,12-14,17,19H,5-6,10-11H2,1-4H3. The molecule has 2 atom stereocenters. The fourth-order valence-electron chi connectivity index (χ4n) is 3.54. The highest BCUT2D eigenvalue weighted by Crippen LogP contribution is 2.45. The Hall–Kier alpha value is -1.02. The average Bonchev–Trinajstić information content (AvgIpc) is 2.38. The van der Waals surface area contributed by atoms with Gasteiger partial charge in [-0.25, -0.2) is 0 Å². The molecule has 2 unspecified atom stereocenters. The van der Waals surface area contributed by atoms with Gasteiger partial charge in [-0.1, -0.05) is 38.8 Å². The van der Waals surface area contributed by atoms with E-state index in [-0.39, 0.29) is 6.10 Å². The Morgan fingerprint density at radius 1 is 1.20 bits per heavy atom. The van der Waals surface area contributed by atoms with Crippen LogP contribution >= 0.6 is 0 Å². The third kappa shape index (κ3) is 3.17. The molecule has 1 fully saturated rings. The molecular formula is C18H28O2. The number of hydrogen-bond acceptors (Lipinski definition) is 2. The molecule has 1 saturated carbocycles. The lowest BCUT2D eigenvalue weighted by atomic mass is 9.67. The lowest BCUT2D eigenvalue weighted by Crippen LogP contribution is -2.40. The molecule has 0 radical (unpaired) electrons. The summed E-state index contributed by atoms with van der Waals surface area (Å²) in [6.07, 6.45) is 4.47.